The van der Waals surface area contributed by atoms with Crippen LogP contribution in [0.4, 0.5) is 5.69 Å². The van der Waals surface area contributed by atoms with Crippen molar-refractivity contribution >= 4 is 40.9 Å². The lowest BCUT2D eigenvalue weighted by Crippen LogP contribution is -2.32. The van der Waals surface area contributed by atoms with E-state index in [2.05, 4.69) is 15.5 Å². The Kier molecular flexibility index (Phi) is 6.81. The summed E-state index contributed by atoms with van der Waals surface area (Å²) in [6, 6.07) is 14.5. The Morgan fingerprint density at radius 2 is 2.00 bits per heavy atom. The number of carbonyl (C=O) groups excluding carboxylic acids is 2. The second-order valence-electron chi connectivity index (χ2n) is 7.77. The third kappa shape index (κ3) is 4.97. The standard InChI is InChI=1S/C23H24ClN5O2S/c1-15-6-3-7-16(12-15)22(31)29-11-5-10-19(29)21-26-27-23(28(21)2)32-14-20(30)25-18-9-4-8-17(24)13-18/h3-4,6-9,12-13,19H,5,10-11,14H2,1-2H3,(H,25,30). The lowest BCUT2D eigenvalue weighted by Gasteiger charge is -2.24. The second-order valence-corrected chi connectivity index (χ2v) is 9.15. The number of amides is 2. The van der Waals surface area contributed by atoms with E-state index < -0.39 is 0 Å². The van der Waals surface area contributed by atoms with Gasteiger partial charge in [0.25, 0.3) is 5.91 Å². The van der Waals surface area contributed by atoms with E-state index in [1.807, 2.05) is 47.7 Å². The average molecular weight is 470 g/mol. The number of benzene rings is 2. The molecule has 4 rings (SSSR count). The second kappa shape index (κ2) is 9.75. The van der Waals surface area contributed by atoms with Crippen LogP contribution in [0, 0.1) is 6.92 Å². The number of anilines is 1. The molecule has 9 heteroatoms. The van der Waals surface area contributed by atoms with E-state index in [0.29, 0.717) is 28.0 Å². The Labute approximate surface area is 196 Å². The number of nitrogens with one attached hydrogen (secondary N) is 1. The molecule has 166 valence electrons. The predicted molar refractivity (Wildman–Crippen MR) is 126 cm³/mol. The fraction of sp³-hybridized carbons (Fsp3) is 0.304. The maximum absolute atomic E-state index is 13.1. The quantitative estimate of drug-likeness (QED) is 0.538. The van der Waals surface area contributed by atoms with Crippen LogP contribution in [0.3, 0.4) is 0 Å². The van der Waals surface area contributed by atoms with Crippen LogP contribution in [0.25, 0.3) is 0 Å². The minimum absolute atomic E-state index is 0.00861. The van der Waals surface area contributed by atoms with Crippen molar-refractivity contribution < 1.29 is 9.59 Å². The summed E-state index contributed by atoms with van der Waals surface area (Å²) in [5.41, 5.74) is 2.39. The zero-order valence-corrected chi connectivity index (χ0v) is 19.5. The van der Waals surface area contributed by atoms with Crippen molar-refractivity contribution in [2.75, 3.05) is 17.6 Å². The normalized spacial score (nSPS) is 15.7. The summed E-state index contributed by atoms with van der Waals surface area (Å²) in [6.07, 6.45) is 1.75. The zero-order valence-electron chi connectivity index (χ0n) is 17.9. The molecular weight excluding hydrogens is 446 g/mol. The molecule has 1 N–H and O–H groups in total. The molecule has 1 aliphatic heterocycles. The Balaban J connectivity index is 1.42. The number of hydrogen-bond donors (Lipinski definition) is 1. The summed E-state index contributed by atoms with van der Waals surface area (Å²) in [4.78, 5) is 27.3. The van der Waals surface area contributed by atoms with Gasteiger partial charge < -0.3 is 14.8 Å². The largest absolute Gasteiger partial charge is 0.328 e. The third-order valence-electron chi connectivity index (χ3n) is 5.39. The minimum atomic E-state index is -0.154. The summed E-state index contributed by atoms with van der Waals surface area (Å²) >= 11 is 7.27. The number of thioether (sulfide) groups is 1. The number of nitrogens with zero attached hydrogens (tertiary/aromatic N) is 4. The van der Waals surface area contributed by atoms with Crippen LogP contribution in [0.1, 0.15) is 40.6 Å². The number of hydrogen-bond acceptors (Lipinski definition) is 5. The molecule has 1 fully saturated rings. The first-order chi connectivity index (χ1) is 15.4. The van der Waals surface area contributed by atoms with E-state index in [1.54, 1.807) is 24.3 Å². The van der Waals surface area contributed by atoms with Gasteiger partial charge in [-0.25, -0.2) is 0 Å². The van der Waals surface area contributed by atoms with E-state index in [4.69, 9.17) is 11.6 Å². The van der Waals surface area contributed by atoms with Crippen molar-refractivity contribution in [3.8, 4) is 0 Å². The van der Waals surface area contributed by atoms with Crippen molar-refractivity contribution in [1.29, 1.82) is 0 Å². The summed E-state index contributed by atoms with van der Waals surface area (Å²) < 4.78 is 1.88. The first-order valence-corrected chi connectivity index (χ1v) is 11.7. The molecule has 32 heavy (non-hydrogen) atoms. The SMILES string of the molecule is Cc1cccc(C(=O)N2CCCC2c2nnc(SCC(=O)Nc3cccc(Cl)c3)n2C)c1. The van der Waals surface area contributed by atoms with E-state index in [-0.39, 0.29) is 23.6 Å². The molecular formula is C23H24ClN5O2S. The smallest absolute Gasteiger partial charge is 0.254 e. The summed E-state index contributed by atoms with van der Waals surface area (Å²) in [5.74, 6) is 0.782. The third-order valence-corrected chi connectivity index (χ3v) is 6.64. The molecule has 0 bridgehead atoms. The fourth-order valence-electron chi connectivity index (χ4n) is 3.86. The van der Waals surface area contributed by atoms with Gasteiger partial charge in [-0.15, -0.1) is 10.2 Å². The molecule has 2 aromatic carbocycles. The lowest BCUT2D eigenvalue weighted by atomic mass is 10.1. The van der Waals surface area contributed by atoms with E-state index >= 15 is 0 Å². The molecule has 0 spiro atoms. The van der Waals surface area contributed by atoms with Gasteiger partial charge in [0.2, 0.25) is 5.91 Å². The maximum Gasteiger partial charge on any atom is 0.254 e. The van der Waals surface area contributed by atoms with Gasteiger partial charge in [-0.3, -0.25) is 9.59 Å². The Morgan fingerprint density at radius 1 is 1.19 bits per heavy atom. The van der Waals surface area contributed by atoms with Crippen LogP contribution in [-0.2, 0) is 11.8 Å². The van der Waals surface area contributed by atoms with Crippen LogP contribution in [0.2, 0.25) is 5.02 Å². The van der Waals surface area contributed by atoms with Crippen LogP contribution >= 0.6 is 23.4 Å². The first-order valence-electron chi connectivity index (χ1n) is 10.4. The highest BCUT2D eigenvalue weighted by atomic mass is 35.5. The van der Waals surface area contributed by atoms with Gasteiger partial charge in [0, 0.05) is 29.9 Å². The number of aryl methyl sites for hydroxylation is 1. The molecule has 1 unspecified atom stereocenters. The van der Waals surface area contributed by atoms with Crippen LogP contribution in [0.5, 0.6) is 0 Å². The van der Waals surface area contributed by atoms with Crippen molar-refractivity contribution in [2.45, 2.75) is 31.0 Å². The molecule has 0 radical (unpaired) electrons. The van der Waals surface area contributed by atoms with Crippen molar-refractivity contribution in [2.24, 2.45) is 7.05 Å². The van der Waals surface area contributed by atoms with Gasteiger partial charge in [-0.1, -0.05) is 47.1 Å². The Morgan fingerprint density at radius 3 is 2.78 bits per heavy atom. The van der Waals surface area contributed by atoms with Crippen molar-refractivity contribution in [3.05, 3.63) is 70.5 Å². The highest BCUT2D eigenvalue weighted by molar-refractivity contribution is 7.99. The summed E-state index contributed by atoms with van der Waals surface area (Å²) in [7, 11) is 1.88. The summed E-state index contributed by atoms with van der Waals surface area (Å²) in [5, 5.41) is 12.7. The van der Waals surface area contributed by atoms with Gasteiger partial charge >= 0.3 is 0 Å². The van der Waals surface area contributed by atoms with E-state index in [9.17, 15) is 9.59 Å². The van der Waals surface area contributed by atoms with Crippen LogP contribution < -0.4 is 5.32 Å². The molecule has 1 aliphatic rings. The van der Waals surface area contributed by atoms with E-state index in [0.717, 1.165) is 24.2 Å². The molecule has 7 nitrogen and oxygen atoms in total. The molecule has 3 aromatic rings. The Hall–Kier alpha value is -2.84. The van der Waals surface area contributed by atoms with Crippen LogP contribution in [-0.4, -0.2) is 43.8 Å². The minimum Gasteiger partial charge on any atom is -0.328 e. The predicted octanol–water partition coefficient (Wildman–Crippen LogP) is 4.49. The molecule has 1 aromatic heterocycles. The van der Waals surface area contributed by atoms with Crippen molar-refractivity contribution in [1.82, 2.24) is 19.7 Å². The van der Waals surface area contributed by atoms with Crippen LogP contribution in [0.15, 0.2) is 53.7 Å². The van der Waals surface area contributed by atoms with Gasteiger partial charge in [-0.05, 0) is 50.1 Å². The number of rotatable bonds is 6. The van der Waals surface area contributed by atoms with Gasteiger partial charge in [0.1, 0.15) is 0 Å². The fourth-order valence-corrected chi connectivity index (χ4v) is 4.77. The van der Waals surface area contributed by atoms with Crippen molar-refractivity contribution in [3.63, 3.8) is 0 Å². The lowest BCUT2D eigenvalue weighted by molar-refractivity contribution is -0.113. The molecule has 0 aliphatic carbocycles. The highest BCUT2D eigenvalue weighted by Crippen LogP contribution is 2.33. The monoisotopic (exact) mass is 469 g/mol. The average Bonchev–Trinajstić information content (AvgIpc) is 3.38. The van der Waals surface area contributed by atoms with Gasteiger partial charge in [-0.2, -0.15) is 0 Å². The molecule has 2 heterocycles. The molecule has 2 amide bonds. The number of halogens is 1. The highest BCUT2D eigenvalue weighted by Gasteiger charge is 2.34. The van der Waals surface area contributed by atoms with Gasteiger partial charge in [0.15, 0.2) is 11.0 Å². The topological polar surface area (TPSA) is 80.1 Å². The number of carbonyl (C=O) groups is 2. The molecule has 0 saturated carbocycles. The van der Waals surface area contributed by atoms with E-state index in [1.165, 1.54) is 11.8 Å². The maximum atomic E-state index is 13.1. The number of likely N-dealkylation sites (tertiary alicyclic amines) is 1. The Bertz CT molecular complexity index is 1150. The first kappa shape index (κ1) is 22.4. The number of aromatic nitrogens is 3. The summed E-state index contributed by atoms with van der Waals surface area (Å²) in [6.45, 7) is 2.67. The molecule has 1 atom stereocenters. The zero-order chi connectivity index (χ0) is 22.7. The molecule has 1 saturated heterocycles. The van der Waals surface area contributed by atoms with Gasteiger partial charge in [0.05, 0.1) is 11.8 Å².